The third kappa shape index (κ3) is 1.79. The molecule has 12 heavy (non-hydrogen) atoms. The number of halogens is 1. The molecule has 1 rings (SSSR count). The van der Waals surface area contributed by atoms with Gasteiger partial charge in [0.25, 0.3) is 0 Å². The van der Waals surface area contributed by atoms with Crippen molar-refractivity contribution in [3.63, 3.8) is 0 Å². The van der Waals surface area contributed by atoms with Crippen LogP contribution in [0, 0.1) is 11.3 Å². The Hall–Kier alpha value is -1.43. The number of isocyanates is 1. The van der Waals surface area contributed by atoms with Crippen molar-refractivity contribution in [3.8, 4) is 6.07 Å². The van der Waals surface area contributed by atoms with Gasteiger partial charge in [-0.2, -0.15) is 10.3 Å². The van der Waals surface area contributed by atoms with Gasteiger partial charge in [-0.25, -0.2) is 4.79 Å². The average Bonchev–Trinajstić information content (AvgIpc) is 2.05. The first-order valence-corrected chi connectivity index (χ1v) is 3.84. The number of hydrogen-bond acceptors (Lipinski definition) is 3. The lowest BCUT2D eigenvalue weighted by Gasteiger charge is -1.94. The molecule has 0 saturated carbocycles. The summed E-state index contributed by atoms with van der Waals surface area (Å²) in [6, 6.07) is 6.73. The van der Waals surface area contributed by atoms with Gasteiger partial charge in [-0.3, -0.25) is 0 Å². The first-order chi connectivity index (χ1) is 5.77. The van der Waals surface area contributed by atoms with Crippen LogP contribution in [0.4, 0.5) is 5.69 Å². The summed E-state index contributed by atoms with van der Waals surface area (Å²) in [7, 11) is 0. The van der Waals surface area contributed by atoms with Gasteiger partial charge in [-0.15, -0.1) is 0 Å². The summed E-state index contributed by atoms with van der Waals surface area (Å²) in [5, 5.41) is 8.55. The predicted octanol–water partition coefficient (Wildman–Crippen LogP) is 2.29. The van der Waals surface area contributed by atoms with Crippen LogP contribution in [0.2, 0.25) is 0 Å². The highest BCUT2D eigenvalue weighted by Crippen LogP contribution is 2.22. The number of nitriles is 1. The SMILES string of the molecule is N#Cc1ccc(N=C=O)cc1Br. The number of benzene rings is 1. The molecule has 0 aliphatic heterocycles. The Morgan fingerprint density at radius 3 is 2.75 bits per heavy atom. The lowest BCUT2D eigenvalue weighted by Crippen LogP contribution is -1.75. The van der Waals surface area contributed by atoms with Crippen LogP contribution in [-0.4, -0.2) is 6.08 Å². The van der Waals surface area contributed by atoms with Gasteiger partial charge in [-0.1, -0.05) is 0 Å². The summed E-state index contributed by atoms with van der Waals surface area (Å²) in [6.45, 7) is 0. The molecule has 0 aliphatic carbocycles. The highest BCUT2D eigenvalue weighted by atomic mass is 79.9. The van der Waals surface area contributed by atoms with Crippen molar-refractivity contribution in [3.05, 3.63) is 28.2 Å². The van der Waals surface area contributed by atoms with Gasteiger partial charge in [-0.05, 0) is 34.1 Å². The molecule has 0 bridgehead atoms. The van der Waals surface area contributed by atoms with E-state index in [2.05, 4.69) is 20.9 Å². The molecule has 0 unspecified atom stereocenters. The topological polar surface area (TPSA) is 53.2 Å². The molecule has 0 spiro atoms. The van der Waals surface area contributed by atoms with Gasteiger partial charge in [0.2, 0.25) is 6.08 Å². The zero-order chi connectivity index (χ0) is 8.97. The van der Waals surface area contributed by atoms with Crippen molar-refractivity contribution in [1.29, 1.82) is 5.26 Å². The van der Waals surface area contributed by atoms with Crippen LogP contribution in [0.3, 0.4) is 0 Å². The fourth-order valence-electron chi connectivity index (χ4n) is 0.717. The number of nitrogens with zero attached hydrogens (tertiary/aromatic N) is 2. The molecule has 0 radical (unpaired) electrons. The van der Waals surface area contributed by atoms with Gasteiger partial charge in [0.15, 0.2) is 0 Å². The van der Waals surface area contributed by atoms with Crippen molar-refractivity contribution in [2.24, 2.45) is 4.99 Å². The van der Waals surface area contributed by atoms with Gasteiger partial charge >= 0.3 is 0 Å². The molecule has 0 atom stereocenters. The van der Waals surface area contributed by atoms with E-state index in [1.54, 1.807) is 18.2 Å². The second-order valence-corrected chi connectivity index (χ2v) is 2.83. The Kier molecular flexibility index (Phi) is 2.76. The molecule has 58 valence electrons. The maximum Gasteiger partial charge on any atom is 0.240 e. The molecule has 0 saturated heterocycles. The van der Waals surface area contributed by atoms with Crippen LogP contribution in [0.15, 0.2) is 27.7 Å². The Balaban J connectivity index is 3.20. The first-order valence-electron chi connectivity index (χ1n) is 3.05. The van der Waals surface area contributed by atoms with E-state index in [1.165, 1.54) is 6.08 Å². The van der Waals surface area contributed by atoms with Crippen molar-refractivity contribution >= 4 is 27.7 Å². The molecule has 4 heteroatoms. The van der Waals surface area contributed by atoms with Gasteiger partial charge in [0, 0.05) is 4.47 Å². The van der Waals surface area contributed by atoms with E-state index in [-0.39, 0.29) is 0 Å². The predicted molar refractivity (Wildman–Crippen MR) is 46.6 cm³/mol. The van der Waals surface area contributed by atoms with E-state index in [1.807, 2.05) is 6.07 Å². The molecule has 0 fully saturated rings. The summed E-state index contributed by atoms with van der Waals surface area (Å²) in [6.07, 6.45) is 1.42. The molecule has 0 aromatic heterocycles. The van der Waals surface area contributed by atoms with Crippen LogP contribution in [0.5, 0.6) is 0 Å². The Morgan fingerprint density at radius 2 is 2.25 bits per heavy atom. The minimum absolute atomic E-state index is 0.482. The van der Waals surface area contributed by atoms with E-state index < -0.39 is 0 Å². The third-order valence-electron chi connectivity index (χ3n) is 1.25. The van der Waals surface area contributed by atoms with E-state index in [4.69, 9.17) is 5.26 Å². The van der Waals surface area contributed by atoms with Crippen LogP contribution in [0.1, 0.15) is 5.56 Å². The second-order valence-electron chi connectivity index (χ2n) is 1.98. The van der Waals surface area contributed by atoms with E-state index in [0.717, 1.165) is 0 Å². The Bertz CT molecular complexity index is 389. The van der Waals surface area contributed by atoms with Crippen molar-refractivity contribution < 1.29 is 4.79 Å². The minimum atomic E-state index is 0.482. The zero-order valence-corrected chi connectivity index (χ0v) is 7.50. The van der Waals surface area contributed by atoms with Crippen LogP contribution in [0.25, 0.3) is 0 Å². The smallest absolute Gasteiger partial charge is 0.211 e. The molecule has 1 aromatic carbocycles. The Morgan fingerprint density at radius 1 is 1.50 bits per heavy atom. The van der Waals surface area contributed by atoms with E-state index in [0.29, 0.717) is 15.7 Å². The summed E-state index contributed by atoms with van der Waals surface area (Å²) in [5.74, 6) is 0. The quantitative estimate of drug-likeness (QED) is 0.541. The number of rotatable bonds is 1. The van der Waals surface area contributed by atoms with Gasteiger partial charge < -0.3 is 0 Å². The maximum absolute atomic E-state index is 9.87. The van der Waals surface area contributed by atoms with Crippen LogP contribution >= 0.6 is 15.9 Å². The molecule has 0 aliphatic rings. The molecule has 3 nitrogen and oxygen atoms in total. The monoisotopic (exact) mass is 222 g/mol. The van der Waals surface area contributed by atoms with Crippen molar-refractivity contribution in [2.75, 3.05) is 0 Å². The molecule has 0 amide bonds. The second kappa shape index (κ2) is 3.82. The standard InChI is InChI=1S/C8H3BrN2O/c9-8-3-7(11-5-12)2-1-6(8)4-10/h1-3H. The number of hydrogen-bond donors (Lipinski definition) is 0. The fraction of sp³-hybridized carbons (Fsp3) is 0. The minimum Gasteiger partial charge on any atom is -0.211 e. The van der Waals surface area contributed by atoms with Gasteiger partial charge in [0.05, 0.1) is 11.3 Å². The zero-order valence-electron chi connectivity index (χ0n) is 5.91. The average molecular weight is 223 g/mol. The number of aliphatic imine (C=N–C) groups is 1. The van der Waals surface area contributed by atoms with E-state index >= 15 is 0 Å². The number of carbonyl (C=O) groups excluding carboxylic acids is 1. The molecule has 0 heterocycles. The summed E-state index contributed by atoms with van der Waals surface area (Å²) < 4.78 is 0.626. The lowest BCUT2D eigenvalue weighted by atomic mass is 10.2. The molecular formula is C8H3BrN2O. The third-order valence-corrected chi connectivity index (χ3v) is 1.90. The van der Waals surface area contributed by atoms with Gasteiger partial charge in [0.1, 0.15) is 6.07 Å². The summed E-state index contributed by atoms with van der Waals surface area (Å²) >= 11 is 3.16. The van der Waals surface area contributed by atoms with Crippen LogP contribution in [-0.2, 0) is 4.79 Å². The fourth-order valence-corrected chi connectivity index (χ4v) is 1.17. The van der Waals surface area contributed by atoms with E-state index in [9.17, 15) is 4.79 Å². The molecule has 0 N–H and O–H groups in total. The Labute approximate surface area is 77.5 Å². The summed E-state index contributed by atoms with van der Waals surface area (Å²) in [5.41, 5.74) is 0.996. The normalized spacial score (nSPS) is 8.33. The largest absolute Gasteiger partial charge is 0.240 e. The van der Waals surface area contributed by atoms with Crippen molar-refractivity contribution in [1.82, 2.24) is 0 Å². The highest BCUT2D eigenvalue weighted by molar-refractivity contribution is 9.10. The van der Waals surface area contributed by atoms with Crippen LogP contribution < -0.4 is 0 Å². The maximum atomic E-state index is 9.87. The van der Waals surface area contributed by atoms with Crippen molar-refractivity contribution in [2.45, 2.75) is 0 Å². The first kappa shape index (κ1) is 8.66. The molecular weight excluding hydrogens is 220 g/mol. The highest BCUT2D eigenvalue weighted by Gasteiger charge is 1.98. The lowest BCUT2D eigenvalue weighted by molar-refractivity contribution is 0.565. The molecule has 1 aromatic rings. The summed E-state index contributed by atoms with van der Waals surface area (Å²) in [4.78, 5) is 13.3.